The minimum absolute atomic E-state index is 0. The molecule has 13 heteroatoms. The molecule has 0 aliphatic heterocycles. The van der Waals surface area contributed by atoms with Crippen LogP contribution in [0.15, 0.2) is 25.0 Å². The van der Waals surface area contributed by atoms with Crippen LogP contribution in [-0.4, -0.2) is 78.6 Å². The van der Waals surface area contributed by atoms with Crippen molar-refractivity contribution >= 4 is 46.6 Å². The molecule has 2 aromatic heterocycles. The Bertz CT molecular complexity index is 907. The average molecular weight is 529 g/mol. The molecule has 0 bridgehead atoms. The van der Waals surface area contributed by atoms with Gasteiger partial charge in [0.2, 0.25) is 0 Å². The zero-order chi connectivity index (χ0) is 27.5. The van der Waals surface area contributed by atoms with Gasteiger partial charge >= 0.3 is 23.1 Å². The number of rotatable bonds is 14. The number of carbonyl (C=O) groups excluding carboxylic acids is 4. The fraction of sp³-hybridized carbons (Fsp3) is 0.583. The van der Waals surface area contributed by atoms with Crippen LogP contribution in [-0.2, 0) is 32.0 Å². The first-order valence-corrected chi connectivity index (χ1v) is 11.9. The first kappa shape index (κ1) is 34.4. The molecular weight excluding hydrogens is 493 g/mol. The van der Waals surface area contributed by atoms with Gasteiger partial charge in [0, 0.05) is 25.2 Å². The molecule has 2 rings (SSSR count). The summed E-state index contributed by atoms with van der Waals surface area (Å²) >= 11 is 0. The number of aliphatic carboxylic acids is 2. The molecule has 12 nitrogen and oxygen atoms in total. The summed E-state index contributed by atoms with van der Waals surface area (Å²) in [5.74, 6) is -3.68. The molecule has 0 saturated heterocycles. The zero-order valence-corrected chi connectivity index (χ0v) is 23.3. The molecule has 0 fully saturated rings. The van der Waals surface area contributed by atoms with Crippen LogP contribution in [0, 0.1) is 10.8 Å². The fourth-order valence-corrected chi connectivity index (χ4v) is 4.13. The van der Waals surface area contributed by atoms with Crippen molar-refractivity contribution in [2.45, 2.75) is 78.3 Å². The molecule has 37 heavy (non-hydrogen) atoms. The molecule has 0 amide bonds. The number of carbonyl (C=O) groups is 4. The number of H-pyrrole nitrogens is 2. The summed E-state index contributed by atoms with van der Waals surface area (Å²) in [6, 6.07) is -1.77. The summed E-state index contributed by atoms with van der Waals surface area (Å²) in [6.07, 6.45) is 7.39. The van der Waals surface area contributed by atoms with Crippen LogP contribution >= 0.6 is 0 Å². The molecule has 2 heterocycles. The SMILES string of the molecule is CCC(CC)(C(=O)[O-])C(=O)[C@@H](N)Cc1c[nH]cn1.CCC(CC)(C(=O)[O-])C(=O)[C@@H](N)Cc1c[nH]cn1.[Mg+2]. The molecule has 0 radical (unpaired) electrons. The molecule has 0 aliphatic carbocycles. The molecule has 6 N–H and O–H groups in total. The number of aromatic amines is 2. The maximum absolute atomic E-state index is 12.2. The maximum Gasteiger partial charge on any atom is 2.00 e. The smallest absolute Gasteiger partial charge is 0.549 e. The Hall–Kier alpha value is -2.61. The minimum atomic E-state index is -1.49. The van der Waals surface area contributed by atoms with Crippen molar-refractivity contribution in [2.75, 3.05) is 0 Å². The molecule has 0 saturated carbocycles. The predicted molar refractivity (Wildman–Crippen MR) is 132 cm³/mol. The van der Waals surface area contributed by atoms with E-state index in [1.165, 1.54) is 12.7 Å². The second kappa shape index (κ2) is 15.6. The maximum atomic E-state index is 12.2. The third kappa shape index (κ3) is 8.19. The number of Topliss-reactive ketones (excluding diaryl/α,β-unsaturated/α-hetero) is 2. The van der Waals surface area contributed by atoms with E-state index in [4.69, 9.17) is 11.5 Å². The molecule has 0 spiro atoms. The zero-order valence-electron chi connectivity index (χ0n) is 21.9. The van der Waals surface area contributed by atoms with Crippen LogP contribution in [0.5, 0.6) is 0 Å². The van der Waals surface area contributed by atoms with Crippen LogP contribution in [0.3, 0.4) is 0 Å². The Morgan fingerprint density at radius 1 is 0.757 bits per heavy atom. The Morgan fingerprint density at radius 3 is 1.24 bits per heavy atom. The van der Waals surface area contributed by atoms with Crippen LogP contribution in [0.4, 0.5) is 0 Å². The molecule has 0 aromatic carbocycles. The summed E-state index contributed by atoms with van der Waals surface area (Å²) in [4.78, 5) is 60.3. The van der Waals surface area contributed by atoms with Crippen molar-refractivity contribution in [1.29, 1.82) is 0 Å². The van der Waals surface area contributed by atoms with Crippen LogP contribution < -0.4 is 21.7 Å². The third-order valence-corrected chi connectivity index (χ3v) is 6.78. The van der Waals surface area contributed by atoms with Gasteiger partial charge in [0.25, 0.3) is 0 Å². The summed E-state index contributed by atoms with van der Waals surface area (Å²) in [5, 5.41) is 22.4. The van der Waals surface area contributed by atoms with Crippen molar-refractivity contribution in [3.63, 3.8) is 0 Å². The number of nitrogens with zero attached hydrogens (tertiary/aromatic N) is 2. The Labute approximate surface area is 232 Å². The van der Waals surface area contributed by atoms with Crippen LogP contribution in [0.2, 0.25) is 0 Å². The van der Waals surface area contributed by atoms with Gasteiger partial charge < -0.3 is 41.2 Å². The Morgan fingerprint density at radius 2 is 1.05 bits per heavy atom. The van der Waals surface area contributed by atoms with Crippen molar-refractivity contribution in [2.24, 2.45) is 22.3 Å². The van der Waals surface area contributed by atoms with E-state index in [9.17, 15) is 29.4 Å². The number of carboxylic acid groups (broad SMARTS) is 2. The van der Waals surface area contributed by atoms with Crippen LogP contribution in [0.1, 0.15) is 64.8 Å². The number of aromatic nitrogens is 4. The van der Waals surface area contributed by atoms with Gasteiger partial charge in [-0.3, -0.25) is 9.59 Å². The summed E-state index contributed by atoms with van der Waals surface area (Å²) in [7, 11) is 0. The van der Waals surface area contributed by atoms with Crippen LogP contribution in [0.25, 0.3) is 0 Å². The van der Waals surface area contributed by atoms with E-state index in [2.05, 4.69) is 19.9 Å². The van der Waals surface area contributed by atoms with Crippen molar-refractivity contribution < 1.29 is 29.4 Å². The van der Waals surface area contributed by atoms with Gasteiger partial charge in [0.15, 0.2) is 11.6 Å². The van der Waals surface area contributed by atoms with E-state index in [-0.39, 0.29) is 61.6 Å². The summed E-state index contributed by atoms with van der Waals surface area (Å²) in [6.45, 7) is 6.61. The molecule has 2 atom stereocenters. The number of carboxylic acids is 2. The second-order valence-electron chi connectivity index (χ2n) is 8.62. The topological polar surface area (TPSA) is 224 Å². The van der Waals surface area contributed by atoms with Gasteiger partial charge in [-0.05, 0) is 25.7 Å². The molecule has 0 unspecified atom stereocenters. The van der Waals surface area contributed by atoms with Crippen molar-refractivity contribution in [1.82, 2.24) is 19.9 Å². The second-order valence-corrected chi connectivity index (χ2v) is 8.62. The van der Waals surface area contributed by atoms with E-state index < -0.39 is 46.4 Å². The first-order chi connectivity index (χ1) is 16.9. The van der Waals surface area contributed by atoms with E-state index in [0.717, 1.165) is 0 Å². The molecule has 0 aliphatic rings. The molecular formula is C24H36MgN6O6. The number of nitrogens with two attached hydrogens (primary N) is 2. The quantitative estimate of drug-likeness (QED) is 0.163. The van der Waals surface area contributed by atoms with Gasteiger partial charge in [0.05, 0.1) is 58.9 Å². The largest absolute Gasteiger partial charge is 2.00 e. The first-order valence-electron chi connectivity index (χ1n) is 11.9. The molecule has 2 aromatic rings. The third-order valence-electron chi connectivity index (χ3n) is 6.78. The van der Waals surface area contributed by atoms with Gasteiger partial charge in [-0.25, -0.2) is 9.97 Å². The molecule has 200 valence electrons. The van der Waals surface area contributed by atoms with Crippen molar-refractivity contribution in [3.05, 3.63) is 36.4 Å². The van der Waals surface area contributed by atoms with Gasteiger partial charge in [-0.1, -0.05) is 27.7 Å². The van der Waals surface area contributed by atoms with E-state index >= 15 is 0 Å². The number of hydrogen-bond donors (Lipinski definition) is 4. The summed E-state index contributed by atoms with van der Waals surface area (Å²) in [5.41, 5.74) is 9.87. The predicted octanol–water partition coefficient (Wildman–Crippen LogP) is -1.57. The Balaban J connectivity index is 0.000000682. The standard InChI is InChI=1S/2C12H19N3O3.Mg/c2*1-3-12(4-2,11(17)18)10(16)9(13)5-8-6-14-7-15-8;/h2*6-7,9H,3-5,13H2,1-2H3,(H,14,15)(H,17,18);/q;;+2/p-2/t2*9-;/m00./s1. The number of ketones is 2. The van der Waals surface area contributed by atoms with Gasteiger partial charge in [-0.15, -0.1) is 0 Å². The van der Waals surface area contributed by atoms with Crippen molar-refractivity contribution in [3.8, 4) is 0 Å². The van der Waals surface area contributed by atoms with E-state index in [0.29, 0.717) is 11.4 Å². The number of hydrogen-bond acceptors (Lipinski definition) is 10. The normalized spacial score (nSPS) is 12.9. The fourth-order valence-electron chi connectivity index (χ4n) is 4.13. The average Bonchev–Trinajstić information content (AvgIpc) is 3.55. The van der Waals surface area contributed by atoms with E-state index in [1.807, 2.05) is 0 Å². The Kier molecular flexibility index (Phi) is 14.5. The number of nitrogens with one attached hydrogen (secondary N) is 2. The number of imidazole rings is 2. The minimum Gasteiger partial charge on any atom is -0.549 e. The van der Waals surface area contributed by atoms with Gasteiger partial charge in [-0.2, -0.15) is 0 Å². The van der Waals surface area contributed by atoms with E-state index in [1.54, 1.807) is 40.1 Å². The monoisotopic (exact) mass is 528 g/mol. The summed E-state index contributed by atoms with van der Waals surface area (Å²) < 4.78 is 0. The van der Waals surface area contributed by atoms with Gasteiger partial charge in [0.1, 0.15) is 0 Å².